The van der Waals surface area contributed by atoms with E-state index in [2.05, 4.69) is 0 Å². The molecule has 1 saturated heterocycles. The number of carboxylic acid groups (broad SMARTS) is 1. The molecule has 104 valence electrons. The van der Waals surface area contributed by atoms with E-state index < -0.39 is 11.9 Å². The Labute approximate surface area is 112 Å². The Balaban J connectivity index is 1.78. The van der Waals surface area contributed by atoms with Gasteiger partial charge in [0.2, 0.25) is 0 Å². The molecular formula is C14H19NO4. The maximum Gasteiger partial charge on any atom is 0.310 e. The van der Waals surface area contributed by atoms with E-state index in [1.54, 1.807) is 0 Å². The molecule has 1 aromatic rings. The molecule has 5 nitrogen and oxygen atoms in total. The minimum atomic E-state index is -0.793. The van der Waals surface area contributed by atoms with Gasteiger partial charge in [-0.2, -0.15) is 0 Å². The van der Waals surface area contributed by atoms with Gasteiger partial charge in [-0.25, -0.2) is 0 Å². The zero-order valence-corrected chi connectivity index (χ0v) is 11.0. The first-order valence-corrected chi connectivity index (χ1v) is 6.37. The van der Waals surface area contributed by atoms with Gasteiger partial charge in [-0.3, -0.25) is 9.69 Å². The van der Waals surface area contributed by atoms with Crippen LogP contribution in [-0.4, -0.2) is 55.4 Å². The van der Waals surface area contributed by atoms with Gasteiger partial charge in [0.1, 0.15) is 12.4 Å². The number of para-hydroxylation sites is 1. The normalized spacial score (nSPS) is 22.6. The minimum Gasteiger partial charge on any atom is -0.492 e. The molecule has 1 aliphatic heterocycles. The van der Waals surface area contributed by atoms with Crippen LogP contribution in [0.5, 0.6) is 5.75 Å². The van der Waals surface area contributed by atoms with Gasteiger partial charge in [0, 0.05) is 12.6 Å². The summed E-state index contributed by atoms with van der Waals surface area (Å²) in [6, 6.07) is 9.51. The van der Waals surface area contributed by atoms with Crippen molar-refractivity contribution in [1.29, 1.82) is 0 Å². The van der Waals surface area contributed by atoms with Crippen molar-refractivity contribution in [3.63, 3.8) is 0 Å². The van der Waals surface area contributed by atoms with Crippen LogP contribution in [0.25, 0.3) is 0 Å². The quantitative estimate of drug-likeness (QED) is 0.834. The van der Waals surface area contributed by atoms with Crippen molar-refractivity contribution in [2.75, 3.05) is 33.4 Å². The van der Waals surface area contributed by atoms with Crippen molar-refractivity contribution in [1.82, 2.24) is 4.90 Å². The maximum atomic E-state index is 11.1. The molecule has 19 heavy (non-hydrogen) atoms. The number of hydrogen-bond donors (Lipinski definition) is 1. The molecule has 1 aliphatic rings. The van der Waals surface area contributed by atoms with E-state index >= 15 is 0 Å². The Bertz CT molecular complexity index is 409. The van der Waals surface area contributed by atoms with Gasteiger partial charge in [-0.15, -0.1) is 0 Å². The number of benzene rings is 1. The number of hydrogen-bond acceptors (Lipinski definition) is 4. The third-order valence-corrected chi connectivity index (χ3v) is 3.39. The third kappa shape index (κ3) is 3.68. The SMILES string of the molecule is CN(CCOc1ccccc1)C1COCC1C(=O)O. The van der Waals surface area contributed by atoms with Crippen LogP contribution in [0.1, 0.15) is 0 Å². The van der Waals surface area contributed by atoms with E-state index in [1.807, 2.05) is 42.3 Å². The van der Waals surface area contributed by atoms with Crippen LogP contribution in [0.4, 0.5) is 0 Å². The summed E-state index contributed by atoms with van der Waals surface area (Å²) < 4.78 is 10.9. The largest absolute Gasteiger partial charge is 0.492 e. The molecule has 1 heterocycles. The van der Waals surface area contributed by atoms with E-state index in [1.165, 1.54) is 0 Å². The summed E-state index contributed by atoms with van der Waals surface area (Å²) in [4.78, 5) is 13.1. The smallest absolute Gasteiger partial charge is 0.310 e. The predicted molar refractivity (Wildman–Crippen MR) is 70.3 cm³/mol. The van der Waals surface area contributed by atoms with Crippen LogP contribution in [0.15, 0.2) is 30.3 Å². The van der Waals surface area contributed by atoms with Crippen molar-refractivity contribution in [2.45, 2.75) is 6.04 Å². The van der Waals surface area contributed by atoms with Crippen LogP contribution in [-0.2, 0) is 9.53 Å². The lowest BCUT2D eigenvalue weighted by atomic mass is 10.0. The van der Waals surface area contributed by atoms with Gasteiger partial charge in [0.15, 0.2) is 0 Å². The highest BCUT2D eigenvalue weighted by Crippen LogP contribution is 2.18. The van der Waals surface area contributed by atoms with Crippen molar-refractivity contribution >= 4 is 5.97 Å². The highest BCUT2D eigenvalue weighted by Gasteiger charge is 2.36. The Morgan fingerprint density at radius 1 is 1.42 bits per heavy atom. The molecule has 5 heteroatoms. The van der Waals surface area contributed by atoms with Gasteiger partial charge in [-0.1, -0.05) is 18.2 Å². The van der Waals surface area contributed by atoms with Gasteiger partial charge in [0.25, 0.3) is 0 Å². The lowest BCUT2D eigenvalue weighted by molar-refractivity contribution is -0.143. The van der Waals surface area contributed by atoms with E-state index in [0.29, 0.717) is 26.4 Å². The van der Waals surface area contributed by atoms with Crippen LogP contribution in [0.2, 0.25) is 0 Å². The fraction of sp³-hybridized carbons (Fsp3) is 0.500. The Hall–Kier alpha value is -1.59. The van der Waals surface area contributed by atoms with Crippen LogP contribution in [0, 0.1) is 5.92 Å². The van der Waals surface area contributed by atoms with Gasteiger partial charge in [-0.05, 0) is 19.2 Å². The number of carbonyl (C=O) groups is 1. The van der Waals surface area contributed by atoms with Crippen molar-refractivity contribution in [2.24, 2.45) is 5.92 Å². The molecule has 2 atom stereocenters. The zero-order valence-electron chi connectivity index (χ0n) is 11.0. The highest BCUT2D eigenvalue weighted by molar-refractivity contribution is 5.71. The average Bonchev–Trinajstić information content (AvgIpc) is 2.89. The van der Waals surface area contributed by atoms with Crippen LogP contribution >= 0.6 is 0 Å². The molecule has 0 spiro atoms. The van der Waals surface area contributed by atoms with E-state index in [-0.39, 0.29) is 6.04 Å². The first kappa shape index (κ1) is 13.8. The topological polar surface area (TPSA) is 59.0 Å². The molecule has 0 radical (unpaired) electrons. The van der Waals surface area contributed by atoms with Gasteiger partial charge in [0.05, 0.1) is 19.1 Å². The van der Waals surface area contributed by atoms with Crippen LogP contribution in [0.3, 0.4) is 0 Å². The second-order valence-corrected chi connectivity index (χ2v) is 4.69. The van der Waals surface area contributed by atoms with Gasteiger partial charge < -0.3 is 14.6 Å². The Kier molecular flexibility index (Phi) is 4.76. The first-order valence-electron chi connectivity index (χ1n) is 6.37. The summed E-state index contributed by atoms with van der Waals surface area (Å²) in [5.74, 6) is -0.409. The summed E-state index contributed by atoms with van der Waals surface area (Å²) in [5.41, 5.74) is 0. The Morgan fingerprint density at radius 2 is 2.16 bits per heavy atom. The van der Waals surface area contributed by atoms with Gasteiger partial charge >= 0.3 is 5.97 Å². The fourth-order valence-corrected chi connectivity index (χ4v) is 2.20. The Morgan fingerprint density at radius 3 is 2.84 bits per heavy atom. The number of rotatable bonds is 6. The molecule has 0 amide bonds. The number of carboxylic acids is 1. The average molecular weight is 265 g/mol. The highest BCUT2D eigenvalue weighted by atomic mass is 16.5. The number of ether oxygens (including phenoxy) is 2. The lowest BCUT2D eigenvalue weighted by Crippen LogP contribution is -2.42. The summed E-state index contributed by atoms with van der Waals surface area (Å²) in [6.45, 7) is 1.97. The van der Waals surface area contributed by atoms with Crippen molar-refractivity contribution in [3.05, 3.63) is 30.3 Å². The summed E-state index contributed by atoms with van der Waals surface area (Å²) in [7, 11) is 1.91. The first-order chi connectivity index (χ1) is 9.18. The minimum absolute atomic E-state index is 0.0723. The molecule has 2 rings (SSSR count). The molecule has 0 bridgehead atoms. The number of aliphatic carboxylic acids is 1. The molecule has 1 fully saturated rings. The van der Waals surface area contributed by atoms with E-state index in [0.717, 1.165) is 5.75 Å². The monoisotopic (exact) mass is 265 g/mol. The van der Waals surface area contributed by atoms with Crippen LogP contribution < -0.4 is 4.74 Å². The second-order valence-electron chi connectivity index (χ2n) is 4.69. The predicted octanol–water partition coefficient (Wildman–Crippen LogP) is 1.10. The molecule has 0 saturated carbocycles. The standard InChI is InChI=1S/C14H19NO4/c1-15(13-10-18-9-12(13)14(16)17)7-8-19-11-5-3-2-4-6-11/h2-6,12-13H,7-10H2,1H3,(H,16,17). The summed E-state index contributed by atoms with van der Waals surface area (Å²) in [5, 5.41) is 9.10. The molecule has 1 aromatic carbocycles. The molecule has 0 aliphatic carbocycles. The van der Waals surface area contributed by atoms with Crippen molar-refractivity contribution in [3.8, 4) is 5.75 Å². The maximum absolute atomic E-state index is 11.1. The second kappa shape index (κ2) is 6.54. The molecular weight excluding hydrogens is 246 g/mol. The summed E-state index contributed by atoms with van der Waals surface area (Å²) >= 11 is 0. The van der Waals surface area contributed by atoms with E-state index in [9.17, 15) is 4.79 Å². The molecule has 1 N–H and O–H groups in total. The fourth-order valence-electron chi connectivity index (χ4n) is 2.20. The van der Waals surface area contributed by atoms with E-state index in [4.69, 9.17) is 14.6 Å². The number of likely N-dealkylation sites (N-methyl/N-ethyl adjacent to an activating group) is 1. The number of nitrogens with zero attached hydrogens (tertiary/aromatic N) is 1. The molecule has 2 unspecified atom stereocenters. The van der Waals surface area contributed by atoms with Crippen molar-refractivity contribution < 1.29 is 19.4 Å². The lowest BCUT2D eigenvalue weighted by Gasteiger charge is -2.25. The molecule has 0 aromatic heterocycles. The third-order valence-electron chi connectivity index (χ3n) is 3.39. The zero-order chi connectivity index (χ0) is 13.7. The summed E-state index contributed by atoms with van der Waals surface area (Å²) in [6.07, 6.45) is 0.